The van der Waals surface area contributed by atoms with Crippen LogP contribution in [0.2, 0.25) is 0 Å². The number of carbonyl (C=O) groups is 4. The van der Waals surface area contributed by atoms with Crippen LogP contribution in [0.3, 0.4) is 0 Å². The minimum absolute atomic E-state index is 0.180. The van der Waals surface area contributed by atoms with Gasteiger partial charge in [0.25, 0.3) is 0 Å². The number of hydrogen-bond donors (Lipinski definition) is 1. The van der Waals surface area contributed by atoms with E-state index in [2.05, 4.69) is 0 Å². The first kappa shape index (κ1) is 35.1. The molecule has 4 amide bonds. The number of para-hydroxylation sites is 1. The first-order valence-electron chi connectivity index (χ1n) is 18.3. The monoisotopic (exact) mass is 722 g/mol. The number of hydrogen-bond acceptors (Lipinski definition) is 7. The highest BCUT2D eigenvalue weighted by atomic mass is 16.5. The second-order valence-electron chi connectivity index (χ2n) is 15.0. The van der Waals surface area contributed by atoms with E-state index in [0.29, 0.717) is 40.4 Å². The maximum absolute atomic E-state index is 14.6. The summed E-state index contributed by atoms with van der Waals surface area (Å²) in [5.74, 6) is -2.52. The van der Waals surface area contributed by atoms with Crippen LogP contribution in [-0.4, -0.2) is 43.0 Å². The van der Waals surface area contributed by atoms with E-state index in [1.807, 2.05) is 87.5 Å². The maximum atomic E-state index is 14.6. The number of imide groups is 2. The fraction of sp³-hybridized carbons (Fsp3) is 0.289. The number of carbonyl (C=O) groups excluding carboxylic acids is 4. The van der Waals surface area contributed by atoms with E-state index in [1.165, 1.54) is 9.80 Å². The van der Waals surface area contributed by atoms with Gasteiger partial charge in [-0.3, -0.25) is 24.1 Å². The summed E-state index contributed by atoms with van der Waals surface area (Å²) in [5, 5.41) is 10.7. The number of allylic oxidation sites excluding steroid dienone is 2. The van der Waals surface area contributed by atoms with Crippen LogP contribution < -0.4 is 19.3 Å². The Morgan fingerprint density at radius 1 is 0.759 bits per heavy atom. The molecule has 0 bridgehead atoms. The van der Waals surface area contributed by atoms with Gasteiger partial charge in [-0.1, -0.05) is 66.3 Å². The lowest BCUT2D eigenvalue weighted by atomic mass is 9.51. The Labute approximate surface area is 314 Å². The fourth-order valence-corrected chi connectivity index (χ4v) is 9.52. The molecular weight excluding hydrogens is 681 g/mol. The molecular formula is C45H42N2O7. The van der Waals surface area contributed by atoms with Crippen molar-refractivity contribution in [1.29, 1.82) is 0 Å². The molecule has 1 N–H and O–H groups in total. The van der Waals surface area contributed by atoms with E-state index in [-0.39, 0.29) is 35.8 Å². The molecule has 8 rings (SSSR count). The lowest BCUT2D eigenvalue weighted by molar-refractivity contribution is -0.131. The van der Waals surface area contributed by atoms with Gasteiger partial charge in [0, 0.05) is 11.5 Å². The molecule has 2 heterocycles. The Balaban J connectivity index is 1.14. The van der Waals surface area contributed by atoms with Crippen LogP contribution in [0.4, 0.5) is 11.4 Å². The van der Waals surface area contributed by atoms with Crippen molar-refractivity contribution in [3.63, 3.8) is 0 Å². The Hall–Kier alpha value is -5.96. The van der Waals surface area contributed by atoms with Crippen LogP contribution in [0.1, 0.15) is 53.5 Å². The van der Waals surface area contributed by atoms with Crippen molar-refractivity contribution in [2.24, 2.45) is 29.1 Å². The van der Waals surface area contributed by atoms with Crippen molar-refractivity contribution in [3.8, 4) is 17.2 Å². The van der Waals surface area contributed by atoms with Crippen LogP contribution in [0, 0.1) is 42.9 Å². The lowest BCUT2D eigenvalue weighted by Gasteiger charge is -2.49. The lowest BCUT2D eigenvalue weighted by Crippen LogP contribution is -2.49. The van der Waals surface area contributed by atoms with Crippen LogP contribution in [0.5, 0.6) is 17.2 Å². The molecule has 9 nitrogen and oxygen atoms in total. The maximum Gasteiger partial charge on any atom is 0.241 e. The minimum Gasteiger partial charge on any atom is -0.507 e. The number of amides is 4. The normalized spacial score (nSPS) is 26.2. The zero-order valence-electron chi connectivity index (χ0n) is 30.9. The topological polar surface area (TPSA) is 113 Å². The molecule has 4 aromatic rings. The van der Waals surface area contributed by atoms with Crippen LogP contribution in [0.25, 0.3) is 12.2 Å². The van der Waals surface area contributed by atoms with Crippen LogP contribution in [-0.2, 0) is 19.2 Å². The van der Waals surface area contributed by atoms with E-state index in [9.17, 15) is 24.3 Å². The average Bonchev–Trinajstić information content (AvgIpc) is 3.55. The third kappa shape index (κ3) is 5.28. The van der Waals surface area contributed by atoms with E-state index >= 15 is 0 Å². The second kappa shape index (κ2) is 13.2. The molecule has 0 aromatic heterocycles. The standard InChI is InChI=1S/C45H42N2O7/c1-25-21-29(22-26(2)40(25)48)39-33-18-19-34-38(35(33)24-36-42(50)47(44(52)45(36,39)3)30-9-7-6-8-10-30)43(51)46(41(34)49)31-15-12-27(13-16-31)11-14-28-23-32(53-4)17-20-37(28)54-5/h6-18,20-23,34-36,38-39,48H,19,24H2,1-5H3. The second-order valence-corrected chi connectivity index (χ2v) is 15.0. The summed E-state index contributed by atoms with van der Waals surface area (Å²) in [6.45, 7) is 5.52. The van der Waals surface area contributed by atoms with E-state index in [4.69, 9.17) is 9.47 Å². The van der Waals surface area contributed by atoms with Crippen molar-refractivity contribution < 1.29 is 33.8 Å². The predicted octanol–water partition coefficient (Wildman–Crippen LogP) is 7.63. The van der Waals surface area contributed by atoms with E-state index < -0.39 is 35.0 Å². The highest BCUT2D eigenvalue weighted by molar-refractivity contribution is 6.25. The first-order valence-corrected chi connectivity index (χ1v) is 18.3. The fourth-order valence-electron chi connectivity index (χ4n) is 9.52. The predicted molar refractivity (Wildman–Crippen MR) is 206 cm³/mol. The van der Waals surface area contributed by atoms with E-state index in [1.54, 1.807) is 50.6 Å². The van der Waals surface area contributed by atoms with Gasteiger partial charge in [-0.15, -0.1) is 0 Å². The van der Waals surface area contributed by atoms with Gasteiger partial charge in [0.15, 0.2) is 0 Å². The van der Waals surface area contributed by atoms with Gasteiger partial charge in [0.05, 0.1) is 48.8 Å². The average molecular weight is 723 g/mol. The Morgan fingerprint density at radius 2 is 1.44 bits per heavy atom. The SMILES string of the molecule is COc1ccc(OC)c(C=Cc2ccc(N3C(=O)C4CC=C5C(CC6C(=O)N(c7ccccc7)C(=O)C6(C)C5c5cc(C)c(O)c(C)c5)C4C3=O)cc2)c1. The van der Waals surface area contributed by atoms with Crippen molar-refractivity contribution in [3.05, 3.63) is 124 Å². The molecule has 274 valence electrons. The molecule has 2 aliphatic carbocycles. The molecule has 2 saturated heterocycles. The van der Waals surface area contributed by atoms with Gasteiger partial charge in [-0.2, -0.15) is 0 Å². The van der Waals surface area contributed by atoms with Gasteiger partial charge in [0.1, 0.15) is 17.2 Å². The zero-order valence-corrected chi connectivity index (χ0v) is 30.9. The molecule has 1 saturated carbocycles. The number of nitrogens with zero attached hydrogens (tertiary/aromatic N) is 2. The van der Waals surface area contributed by atoms with E-state index in [0.717, 1.165) is 22.3 Å². The summed E-state index contributed by atoms with van der Waals surface area (Å²) in [5.41, 5.74) is 4.60. The van der Waals surface area contributed by atoms with Crippen molar-refractivity contribution in [2.45, 2.75) is 39.5 Å². The number of phenolic OH excluding ortho intramolecular Hbond substituents is 1. The molecule has 9 heteroatoms. The number of ether oxygens (including phenoxy) is 2. The molecule has 2 aliphatic heterocycles. The van der Waals surface area contributed by atoms with Gasteiger partial charge >= 0.3 is 0 Å². The largest absolute Gasteiger partial charge is 0.507 e. The minimum atomic E-state index is -1.15. The quantitative estimate of drug-likeness (QED) is 0.119. The third-order valence-corrected chi connectivity index (χ3v) is 12.2. The number of aryl methyl sites for hydroxylation is 2. The molecule has 3 fully saturated rings. The highest BCUT2D eigenvalue weighted by Gasteiger charge is 2.67. The zero-order chi connectivity index (χ0) is 38.1. The summed E-state index contributed by atoms with van der Waals surface area (Å²) < 4.78 is 10.9. The van der Waals surface area contributed by atoms with Gasteiger partial charge in [-0.25, -0.2) is 4.90 Å². The Kier molecular flexibility index (Phi) is 8.55. The first-order chi connectivity index (χ1) is 26.0. The molecule has 6 atom stereocenters. The van der Waals surface area contributed by atoms with Crippen molar-refractivity contribution >= 4 is 47.2 Å². The smallest absolute Gasteiger partial charge is 0.241 e. The summed E-state index contributed by atoms with van der Waals surface area (Å²) >= 11 is 0. The van der Waals surface area contributed by atoms with Gasteiger partial charge in [0.2, 0.25) is 23.6 Å². The van der Waals surface area contributed by atoms with Crippen molar-refractivity contribution in [2.75, 3.05) is 24.0 Å². The highest BCUT2D eigenvalue weighted by Crippen LogP contribution is 2.64. The number of fused-ring (bicyclic) bond motifs is 4. The number of benzene rings is 4. The number of rotatable bonds is 7. The molecule has 54 heavy (non-hydrogen) atoms. The molecule has 0 radical (unpaired) electrons. The molecule has 4 aliphatic rings. The van der Waals surface area contributed by atoms with Crippen LogP contribution in [0.15, 0.2) is 96.6 Å². The molecule has 0 spiro atoms. The Bertz CT molecular complexity index is 2250. The summed E-state index contributed by atoms with van der Waals surface area (Å²) in [7, 11) is 3.22. The number of methoxy groups -OCH3 is 2. The Morgan fingerprint density at radius 3 is 2.11 bits per heavy atom. The van der Waals surface area contributed by atoms with Crippen LogP contribution >= 0.6 is 0 Å². The van der Waals surface area contributed by atoms with Crippen molar-refractivity contribution in [1.82, 2.24) is 0 Å². The summed E-state index contributed by atoms with van der Waals surface area (Å²) in [6.07, 6.45) is 6.51. The molecule has 4 aromatic carbocycles. The number of aromatic hydroxyl groups is 1. The third-order valence-electron chi connectivity index (χ3n) is 12.2. The number of anilines is 2. The van der Waals surface area contributed by atoms with Gasteiger partial charge < -0.3 is 14.6 Å². The molecule has 6 unspecified atom stereocenters. The summed E-state index contributed by atoms with van der Waals surface area (Å²) in [6, 6.07) is 25.6. The van der Waals surface area contributed by atoms with Gasteiger partial charge in [-0.05, 0) is 104 Å². The summed E-state index contributed by atoms with van der Waals surface area (Å²) in [4.78, 5) is 60.4. The number of phenols is 1.